The SMILES string of the molecule is O=C(O)c1cc(Cl)cn(Cc2cccc(Cl)c2)c1=O. The number of carboxylic acid groups (broad SMARTS) is 1. The Kier molecular flexibility index (Phi) is 3.93. The van der Waals surface area contributed by atoms with Gasteiger partial charge in [-0.05, 0) is 23.8 Å². The maximum Gasteiger partial charge on any atom is 0.341 e. The zero-order valence-electron chi connectivity index (χ0n) is 9.64. The summed E-state index contributed by atoms with van der Waals surface area (Å²) in [7, 11) is 0. The van der Waals surface area contributed by atoms with Crippen LogP contribution < -0.4 is 5.56 Å². The van der Waals surface area contributed by atoms with Gasteiger partial charge in [-0.3, -0.25) is 4.79 Å². The molecular formula is C13H9Cl2NO3. The summed E-state index contributed by atoms with van der Waals surface area (Å²) in [5.74, 6) is -1.30. The molecule has 0 unspecified atom stereocenters. The number of pyridine rings is 1. The van der Waals surface area contributed by atoms with Crippen LogP contribution in [0.25, 0.3) is 0 Å². The van der Waals surface area contributed by atoms with Crippen molar-refractivity contribution < 1.29 is 9.90 Å². The van der Waals surface area contributed by atoms with Crippen LogP contribution >= 0.6 is 23.2 Å². The summed E-state index contributed by atoms with van der Waals surface area (Å²) in [4.78, 5) is 22.9. The van der Waals surface area contributed by atoms with E-state index in [1.165, 1.54) is 10.8 Å². The van der Waals surface area contributed by atoms with Gasteiger partial charge in [0.25, 0.3) is 5.56 Å². The summed E-state index contributed by atoms with van der Waals surface area (Å²) < 4.78 is 1.25. The lowest BCUT2D eigenvalue weighted by molar-refractivity contribution is 0.0694. The summed E-state index contributed by atoms with van der Waals surface area (Å²) >= 11 is 11.7. The molecule has 0 bridgehead atoms. The monoisotopic (exact) mass is 297 g/mol. The lowest BCUT2D eigenvalue weighted by Gasteiger charge is -2.08. The molecule has 1 heterocycles. The molecule has 1 N–H and O–H groups in total. The van der Waals surface area contributed by atoms with Gasteiger partial charge in [-0.1, -0.05) is 35.3 Å². The molecule has 0 aliphatic carbocycles. The van der Waals surface area contributed by atoms with Crippen molar-refractivity contribution in [3.63, 3.8) is 0 Å². The highest BCUT2D eigenvalue weighted by atomic mass is 35.5. The molecule has 0 aliphatic rings. The average Bonchev–Trinajstić information content (AvgIpc) is 2.33. The van der Waals surface area contributed by atoms with Gasteiger partial charge < -0.3 is 9.67 Å². The van der Waals surface area contributed by atoms with E-state index in [-0.39, 0.29) is 17.1 Å². The van der Waals surface area contributed by atoms with Crippen LogP contribution in [0.5, 0.6) is 0 Å². The predicted molar refractivity (Wildman–Crippen MR) is 73.2 cm³/mol. The van der Waals surface area contributed by atoms with E-state index in [4.69, 9.17) is 28.3 Å². The molecular weight excluding hydrogens is 289 g/mol. The van der Waals surface area contributed by atoms with E-state index in [9.17, 15) is 9.59 Å². The number of halogens is 2. The number of carboxylic acids is 1. The van der Waals surface area contributed by atoms with Crippen molar-refractivity contribution in [1.29, 1.82) is 0 Å². The summed E-state index contributed by atoms with van der Waals surface area (Å²) in [5.41, 5.74) is -0.167. The van der Waals surface area contributed by atoms with Crippen LogP contribution in [0.15, 0.2) is 41.3 Å². The summed E-state index contributed by atoms with van der Waals surface area (Å²) in [6.07, 6.45) is 1.40. The molecule has 0 saturated heterocycles. The number of hydrogen-bond acceptors (Lipinski definition) is 2. The van der Waals surface area contributed by atoms with Crippen molar-refractivity contribution in [1.82, 2.24) is 4.57 Å². The molecule has 19 heavy (non-hydrogen) atoms. The van der Waals surface area contributed by atoms with Gasteiger partial charge in [0.2, 0.25) is 0 Å². The largest absolute Gasteiger partial charge is 0.477 e. The third-order valence-corrected chi connectivity index (χ3v) is 2.97. The van der Waals surface area contributed by atoms with Gasteiger partial charge in [0.1, 0.15) is 5.56 Å². The number of benzene rings is 1. The molecule has 2 rings (SSSR count). The minimum atomic E-state index is -1.30. The Balaban J connectivity index is 2.46. The van der Waals surface area contributed by atoms with Crippen LogP contribution in [0.3, 0.4) is 0 Å². The highest BCUT2D eigenvalue weighted by Gasteiger charge is 2.12. The van der Waals surface area contributed by atoms with Crippen molar-refractivity contribution in [2.45, 2.75) is 6.54 Å². The molecule has 2 aromatic rings. The van der Waals surface area contributed by atoms with E-state index in [1.54, 1.807) is 24.3 Å². The predicted octanol–water partition coefficient (Wildman–Crippen LogP) is 2.90. The molecule has 0 atom stereocenters. The fraction of sp³-hybridized carbons (Fsp3) is 0.0769. The topological polar surface area (TPSA) is 59.3 Å². The minimum absolute atomic E-state index is 0.194. The third-order valence-electron chi connectivity index (χ3n) is 2.53. The Bertz CT molecular complexity index is 695. The first-order valence-electron chi connectivity index (χ1n) is 5.35. The number of hydrogen-bond donors (Lipinski definition) is 1. The van der Waals surface area contributed by atoms with Crippen molar-refractivity contribution >= 4 is 29.2 Å². The quantitative estimate of drug-likeness (QED) is 0.947. The van der Waals surface area contributed by atoms with Crippen LogP contribution in [0.2, 0.25) is 10.0 Å². The smallest absolute Gasteiger partial charge is 0.341 e. The summed E-state index contributed by atoms with van der Waals surface area (Å²) in [6.45, 7) is 0.209. The lowest BCUT2D eigenvalue weighted by Crippen LogP contribution is -2.26. The zero-order valence-corrected chi connectivity index (χ0v) is 11.1. The number of carbonyl (C=O) groups is 1. The molecule has 0 saturated carbocycles. The van der Waals surface area contributed by atoms with Gasteiger partial charge in [0, 0.05) is 11.2 Å². The normalized spacial score (nSPS) is 10.4. The molecule has 1 aromatic heterocycles. The molecule has 0 aliphatic heterocycles. The molecule has 0 amide bonds. The van der Waals surface area contributed by atoms with Crippen LogP contribution in [-0.4, -0.2) is 15.6 Å². The average molecular weight is 298 g/mol. The van der Waals surface area contributed by atoms with Crippen LogP contribution in [-0.2, 0) is 6.54 Å². The van der Waals surface area contributed by atoms with Gasteiger partial charge in [-0.15, -0.1) is 0 Å². The Labute approximate surface area is 118 Å². The van der Waals surface area contributed by atoms with Gasteiger partial charge in [0.15, 0.2) is 0 Å². The van der Waals surface area contributed by atoms with Gasteiger partial charge in [-0.25, -0.2) is 4.79 Å². The summed E-state index contributed by atoms with van der Waals surface area (Å²) in [5, 5.41) is 9.67. The number of rotatable bonds is 3. The second-order valence-electron chi connectivity index (χ2n) is 3.94. The van der Waals surface area contributed by atoms with E-state index >= 15 is 0 Å². The fourth-order valence-corrected chi connectivity index (χ4v) is 2.14. The second kappa shape index (κ2) is 5.47. The van der Waals surface area contributed by atoms with Crippen LogP contribution in [0, 0.1) is 0 Å². The summed E-state index contributed by atoms with van der Waals surface area (Å²) in [6, 6.07) is 8.11. The molecule has 0 spiro atoms. The first-order valence-corrected chi connectivity index (χ1v) is 6.10. The van der Waals surface area contributed by atoms with Crippen molar-refractivity contribution in [3.8, 4) is 0 Å². The van der Waals surface area contributed by atoms with E-state index in [0.29, 0.717) is 5.02 Å². The molecule has 4 nitrogen and oxygen atoms in total. The first kappa shape index (κ1) is 13.6. The highest BCUT2D eigenvalue weighted by Crippen LogP contribution is 2.13. The lowest BCUT2D eigenvalue weighted by atomic mass is 10.2. The second-order valence-corrected chi connectivity index (χ2v) is 4.81. The maximum absolute atomic E-state index is 11.9. The maximum atomic E-state index is 11.9. The Hall–Kier alpha value is -1.78. The zero-order chi connectivity index (χ0) is 14.0. The molecule has 1 aromatic carbocycles. The number of aromatic nitrogens is 1. The van der Waals surface area contributed by atoms with Gasteiger partial charge in [-0.2, -0.15) is 0 Å². The van der Waals surface area contributed by atoms with Gasteiger partial charge in [0.05, 0.1) is 11.6 Å². The minimum Gasteiger partial charge on any atom is -0.477 e. The number of nitrogens with zero attached hydrogens (tertiary/aromatic N) is 1. The molecule has 98 valence electrons. The van der Waals surface area contributed by atoms with E-state index in [1.807, 2.05) is 0 Å². The van der Waals surface area contributed by atoms with E-state index < -0.39 is 11.5 Å². The Morgan fingerprint density at radius 3 is 2.58 bits per heavy atom. The standard InChI is InChI=1S/C13H9Cl2NO3/c14-9-3-1-2-8(4-9)6-16-7-10(15)5-11(12(16)17)13(18)19/h1-5,7H,6H2,(H,18,19). The first-order chi connectivity index (χ1) is 8.97. The van der Waals surface area contributed by atoms with Crippen molar-refractivity contribution in [3.05, 3.63) is 68.1 Å². The molecule has 0 fully saturated rings. The van der Waals surface area contributed by atoms with E-state index in [2.05, 4.69) is 0 Å². The van der Waals surface area contributed by atoms with Crippen molar-refractivity contribution in [2.75, 3.05) is 0 Å². The van der Waals surface area contributed by atoms with E-state index in [0.717, 1.165) is 11.6 Å². The number of aromatic carboxylic acids is 1. The Morgan fingerprint density at radius 2 is 1.95 bits per heavy atom. The third kappa shape index (κ3) is 3.16. The fourth-order valence-electron chi connectivity index (χ4n) is 1.70. The van der Waals surface area contributed by atoms with Crippen LogP contribution in [0.4, 0.5) is 0 Å². The molecule has 0 radical (unpaired) electrons. The van der Waals surface area contributed by atoms with Crippen molar-refractivity contribution in [2.24, 2.45) is 0 Å². The molecule has 6 heteroatoms. The van der Waals surface area contributed by atoms with Crippen LogP contribution in [0.1, 0.15) is 15.9 Å². The Morgan fingerprint density at radius 1 is 1.21 bits per heavy atom. The highest BCUT2D eigenvalue weighted by molar-refractivity contribution is 6.31. The van der Waals surface area contributed by atoms with Gasteiger partial charge >= 0.3 is 5.97 Å².